The highest BCUT2D eigenvalue weighted by atomic mass is 16.5. The second kappa shape index (κ2) is 4.61. The van der Waals surface area contributed by atoms with E-state index in [2.05, 4.69) is 0 Å². The molecule has 1 aromatic carbocycles. The van der Waals surface area contributed by atoms with Gasteiger partial charge in [0, 0.05) is 5.56 Å². The molecule has 1 rings (SSSR count). The Kier molecular flexibility index (Phi) is 3.46. The van der Waals surface area contributed by atoms with Crippen molar-refractivity contribution >= 4 is 5.78 Å². The van der Waals surface area contributed by atoms with E-state index in [4.69, 9.17) is 10.00 Å². The van der Waals surface area contributed by atoms with Gasteiger partial charge in [-0.25, -0.2) is 0 Å². The second-order valence-electron chi connectivity index (χ2n) is 3.20. The van der Waals surface area contributed by atoms with E-state index in [0.29, 0.717) is 16.9 Å². The van der Waals surface area contributed by atoms with Crippen LogP contribution in [0.15, 0.2) is 12.1 Å². The summed E-state index contributed by atoms with van der Waals surface area (Å²) >= 11 is 0. The van der Waals surface area contributed by atoms with E-state index in [0.717, 1.165) is 12.0 Å². The van der Waals surface area contributed by atoms with Gasteiger partial charge in [-0.2, -0.15) is 5.26 Å². The first kappa shape index (κ1) is 11.3. The Bertz CT molecular complexity index is 430. The lowest BCUT2D eigenvalue weighted by molar-refractivity contribution is 0.101. The van der Waals surface area contributed by atoms with Crippen molar-refractivity contribution in [3.8, 4) is 11.8 Å². The van der Waals surface area contributed by atoms with Crippen LogP contribution in [-0.2, 0) is 6.42 Å². The average Bonchev–Trinajstić information content (AvgIpc) is 2.26. The van der Waals surface area contributed by atoms with E-state index in [9.17, 15) is 4.79 Å². The number of hydrogen-bond acceptors (Lipinski definition) is 3. The Morgan fingerprint density at radius 2 is 2.20 bits per heavy atom. The topological polar surface area (TPSA) is 50.1 Å². The van der Waals surface area contributed by atoms with Crippen molar-refractivity contribution in [3.63, 3.8) is 0 Å². The molecule has 0 aliphatic carbocycles. The highest BCUT2D eigenvalue weighted by Crippen LogP contribution is 2.25. The van der Waals surface area contributed by atoms with Crippen LogP contribution in [0.3, 0.4) is 0 Å². The molecule has 0 bridgehead atoms. The van der Waals surface area contributed by atoms with E-state index >= 15 is 0 Å². The summed E-state index contributed by atoms with van der Waals surface area (Å²) in [6.07, 6.45) is 0.730. The first-order valence-electron chi connectivity index (χ1n) is 4.76. The number of carbonyl (C=O) groups is 1. The van der Waals surface area contributed by atoms with Crippen LogP contribution < -0.4 is 4.74 Å². The van der Waals surface area contributed by atoms with Crippen molar-refractivity contribution in [2.24, 2.45) is 0 Å². The Morgan fingerprint density at radius 1 is 1.53 bits per heavy atom. The molecule has 0 fully saturated rings. The summed E-state index contributed by atoms with van der Waals surface area (Å²) in [7, 11) is 1.49. The van der Waals surface area contributed by atoms with Crippen LogP contribution >= 0.6 is 0 Å². The fourth-order valence-electron chi connectivity index (χ4n) is 1.60. The fraction of sp³-hybridized carbons (Fsp3) is 0.333. The molecule has 0 amide bonds. The molecular weight excluding hydrogens is 190 g/mol. The van der Waals surface area contributed by atoms with Gasteiger partial charge in [-0.1, -0.05) is 13.0 Å². The van der Waals surface area contributed by atoms with Crippen LogP contribution in [0.2, 0.25) is 0 Å². The number of carbonyl (C=O) groups excluding carboxylic acids is 1. The Morgan fingerprint density at radius 3 is 2.60 bits per heavy atom. The number of benzene rings is 1. The molecule has 0 aromatic heterocycles. The Labute approximate surface area is 89.3 Å². The minimum atomic E-state index is -0.0951. The van der Waals surface area contributed by atoms with Crippen LogP contribution in [0.25, 0.3) is 0 Å². The third-order valence-corrected chi connectivity index (χ3v) is 2.32. The third kappa shape index (κ3) is 1.99. The summed E-state index contributed by atoms with van der Waals surface area (Å²) in [5.74, 6) is 0.363. The summed E-state index contributed by atoms with van der Waals surface area (Å²) in [4.78, 5) is 11.5. The quantitative estimate of drug-likeness (QED) is 0.708. The average molecular weight is 203 g/mol. The van der Waals surface area contributed by atoms with Gasteiger partial charge in [0.1, 0.15) is 17.4 Å². The number of methoxy groups -OCH3 is 1. The molecular formula is C12H13NO2. The summed E-state index contributed by atoms with van der Waals surface area (Å²) in [6, 6.07) is 5.58. The minimum absolute atomic E-state index is 0.0951. The maximum atomic E-state index is 11.5. The first-order valence-corrected chi connectivity index (χ1v) is 4.76. The maximum Gasteiger partial charge on any atom is 0.161 e. The van der Waals surface area contributed by atoms with Crippen LogP contribution in [0, 0.1) is 11.3 Å². The molecule has 15 heavy (non-hydrogen) atoms. The maximum absolute atomic E-state index is 11.5. The monoisotopic (exact) mass is 203 g/mol. The van der Waals surface area contributed by atoms with Gasteiger partial charge in [0.2, 0.25) is 0 Å². The highest BCUT2D eigenvalue weighted by Gasteiger charge is 2.16. The third-order valence-electron chi connectivity index (χ3n) is 2.32. The molecule has 0 spiro atoms. The summed E-state index contributed by atoms with van der Waals surface area (Å²) in [5.41, 5.74) is 1.71. The number of rotatable bonds is 3. The van der Waals surface area contributed by atoms with Gasteiger partial charge in [0.05, 0.1) is 7.11 Å². The van der Waals surface area contributed by atoms with E-state index < -0.39 is 0 Å². The van der Waals surface area contributed by atoms with E-state index in [1.807, 2.05) is 19.1 Å². The van der Waals surface area contributed by atoms with Crippen molar-refractivity contribution in [2.75, 3.05) is 7.11 Å². The van der Waals surface area contributed by atoms with Gasteiger partial charge in [0.25, 0.3) is 0 Å². The standard InChI is InChI=1S/C12H13NO2/c1-4-9-5-6-11(15-3)10(7-13)12(9)8(2)14/h5-6H,4H2,1-3H3. The molecule has 0 aliphatic heterocycles. The molecule has 0 unspecified atom stereocenters. The lowest BCUT2D eigenvalue weighted by atomic mass is 9.96. The van der Waals surface area contributed by atoms with Crippen molar-refractivity contribution in [1.29, 1.82) is 5.26 Å². The van der Waals surface area contributed by atoms with Crippen LogP contribution in [0.5, 0.6) is 5.75 Å². The van der Waals surface area contributed by atoms with Crippen molar-refractivity contribution in [1.82, 2.24) is 0 Å². The van der Waals surface area contributed by atoms with Crippen LogP contribution in [0.1, 0.15) is 35.3 Å². The van der Waals surface area contributed by atoms with Gasteiger partial charge in [0.15, 0.2) is 5.78 Å². The van der Waals surface area contributed by atoms with Gasteiger partial charge in [-0.3, -0.25) is 4.79 Å². The van der Waals surface area contributed by atoms with Crippen LogP contribution in [0.4, 0.5) is 0 Å². The molecule has 0 saturated carbocycles. The molecule has 78 valence electrons. The number of hydrogen-bond donors (Lipinski definition) is 0. The minimum Gasteiger partial charge on any atom is -0.495 e. The zero-order chi connectivity index (χ0) is 11.4. The largest absolute Gasteiger partial charge is 0.495 e. The van der Waals surface area contributed by atoms with E-state index in [-0.39, 0.29) is 5.78 Å². The molecule has 0 saturated heterocycles. The van der Waals surface area contributed by atoms with Gasteiger partial charge >= 0.3 is 0 Å². The lowest BCUT2D eigenvalue weighted by Crippen LogP contribution is -2.04. The highest BCUT2D eigenvalue weighted by molar-refractivity contribution is 5.98. The van der Waals surface area contributed by atoms with E-state index in [1.165, 1.54) is 14.0 Å². The zero-order valence-corrected chi connectivity index (χ0v) is 9.13. The molecule has 0 atom stereocenters. The predicted octanol–water partition coefficient (Wildman–Crippen LogP) is 2.33. The van der Waals surface area contributed by atoms with Crippen molar-refractivity contribution in [2.45, 2.75) is 20.3 Å². The van der Waals surface area contributed by atoms with Gasteiger partial charge in [-0.05, 0) is 25.0 Å². The summed E-state index contributed by atoms with van der Waals surface area (Å²) in [6.45, 7) is 3.42. The van der Waals surface area contributed by atoms with Crippen LogP contribution in [-0.4, -0.2) is 12.9 Å². The Hall–Kier alpha value is -1.82. The normalized spacial score (nSPS) is 9.47. The number of ketones is 1. The first-order chi connectivity index (χ1) is 7.15. The molecule has 0 radical (unpaired) electrons. The molecule has 0 aliphatic rings. The molecule has 0 N–H and O–H groups in total. The smallest absolute Gasteiger partial charge is 0.161 e. The fourth-order valence-corrected chi connectivity index (χ4v) is 1.60. The number of Topliss-reactive ketones (excluding diaryl/α,β-unsaturated/α-hetero) is 1. The van der Waals surface area contributed by atoms with Crippen molar-refractivity contribution in [3.05, 3.63) is 28.8 Å². The number of ether oxygens (including phenoxy) is 1. The second-order valence-corrected chi connectivity index (χ2v) is 3.20. The molecule has 1 aromatic rings. The molecule has 3 nitrogen and oxygen atoms in total. The Balaban J connectivity index is 3.53. The number of nitriles is 1. The SMILES string of the molecule is CCc1ccc(OC)c(C#N)c1C(C)=O. The van der Waals surface area contributed by atoms with Gasteiger partial charge < -0.3 is 4.74 Å². The predicted molar refractivity (Wildman–Crippen MR) is 57.1 cm³/mol. The zero-order valence-electron chi connectivity index (χ0n) is 9.13. The van der Waals surface area contributed by atoms with Crippen molar-refractivity contribution < 1.29 is 9.53 Å². The van der Waals surface area contributed by atoms with Gasteiger partial charge in [-0.15, -0.1) is 0 Å². The van der Waals surface area contributed by atoms with E-state index in [1.54, 1.807) is 6.07 Å². The lowest BCUT2D eigenvalue weighted by Gasteiger charge is -2.10. The summed E-state index contributed by atoms with van der Waals surface area (Å²) < 4.78 is 5.05. The number of aryl methyl sites for hydroxylation is 1. The molecule has 3 heteroatoms. The summed E-state index contributed by atoms with van der Waals surface area (Å²) in [5, 5.41) is 9.02. The molecule has 0 heterocycles. The number of nitrogens with zero attached hydrogens (tertiary/aromatic N) is 1.